The Balaban J connectivity index is 1.72. The van der Waals surface area contributed by atoms with Crippen molar-refractivity contribution < 1.29 is 4.74 Å². The lowest BCUT2D eigenvalue weighted by Crippen LogP contribution is -2.45. The molecule has 72 valence electrons. The molecule has 0 bridgehead atoms. The van der Waals surface area contributed by atoms with Gasteiger partial charge in [-0.3, -0.25) is 0 Å². The molecule has 0 radical (unpaired) electrons. The first-order valence-electron chi connectivity index (χ1n) is 4.39. The van der Waals surface area contributed by atoms with Gasteiger partial charge in [0.2, 0.25) is 0 Å². The first kappa shape index (κ1) is 8.93. The monoisotopic (exact) mass is 199 g/mol. The maximum absolute atomic E-state index is 5.33. The largest absolute Gasteiger partial charge is 0.378 e. The van der Waals surface area contributed by atoms with Gasteiger partial charge in [0, 0.05) is 30.7 Å². The van der Waals surface area contributed by atoms with Crippen molar-refractivity contribution in [2.75, 3.05) is 31.6 Å². The first-order valence-corrected chi connectivity index (χ1v) is 5.27. The maximum Gasteiger partial charge on any atom is 0.182 e. The van der Waals surface area contributed by atoms with Gasteiger partial charge < -0.3 is 15.4 Å². The zero-order valence-electron chi connectivity index (χ0n) is 7.32. The zero-order chi connectivity index (χ0) is 8.93. The summed E-state index contributed by atoms with van der Waals surface area (Å²) in [5.41, 5.74) is 0. The fourth-order valence-electron chi connectivity index (χ4n) is 1.27. The predicted octanol–water partition coefficient (Wildman–Crippen LogP) is 0.543. The summed E-state index contributed by atoms with van der Waals surface area (Å²) in [6.45, 7) is 3.45. The topological polar surface area (TPSA) is 46.2 Å². The molecule has 1 unspecified atom stereocenters. The van der Waals surface area contributed by atoms with Gasteiger partial charge in [-0.15, -0.1) is 11.3 Å². The summed E-state index contributed by atoms with van der Waals surface area (Å²) in [6.07, 6.45) is 1.80. The van der Waals surface area contributed by atoms with E-state index in [0.717, 1.165) is 31.4 Å². The van der Waals surface area contributed by atoms with Gasteiger partial charge in [0.05, 0.1) is 13.2 Å². The first-order chi connectivity index (χ1) is 6.45. The van der Waals surface area contributed by atoms with Gasteiger partial charge in [0.15, 0.2) is 5.13 Å². The molecule has 1 aliphatic heterocycles. The Morgan fingerprint density at radius 1 is 1.77 bits per heavy atom. The van der Waals surface area contributed by atoms with Gasteiger partial charge in [-0.1, -0.05) is 0 Å². The third kappa shape index (κ3) is 2.65. The summed E-state index contributed by atoms with van der Waals surface area (Å²) in [6, 6.07) is 0.414. The van der Waals surface area contributed by atoms with Gasteiger partial charge in [-0.25, -0.2) is 4.98 Å². The Hall–Kier alpha value is -0.650. The molecule has 1 saturated heterocycles. The van der Waals surface area contributed by atoms with Gasteiger partial charge >= 0.3 is 0 Å². The highest BCUT2D eigenvalue weighted by Crippen LogP contribution is 2.09. The number of ether oxygens (including phenoxy) is 1. The van der Waals surface area contributed by atoms with Gasteiger partial charge in [0.1, 0.15) is 0 Å². The number of thiazole rings is 1. The van der Waals surface area contributed by atoms with Gasteiger partial charge in [0.25, 0.3) is 0 Å². The number of aromatic nitrogens is 1. The summed E-state index contributed by atoms with van der Waals surface area (Å²) in [5.74, 6) is 0. The Morgan fingerprint density at radius 3 is 3.46 bits per heavy atom. The van der Waals surface area contributed by atoms with Crippen LogP contribution in [0.25, 0.3) is 0 Å². The molecule has 13 heavy (non-hydrogen) atoms. The van der Waals surface area contributed by atoms with Crippen LogP contribution in [0.1, 0.15) is 0 Å². The SMILES string of the molecule is c1csc(NCC2COCCN2)n1. The highest BCUT2D eigenvalue weighted by Gasteiger charge is 2.12. The lowest BCUT2D eigenvalue weighted by molar-refractivity contribution is 0.0806. The van der Waals surface area contributed by atoms with Crippen molar-refractivity contribution in [3.05, 3.63) is 11.6 Å². The zero-order valence-corrected chi connectivity index (χ0v) is 8.14. The van der Waals surface area contributed by atoms with Crippen LogP contribution in [-0.2, 0) is 4.74 Å². The van der Waals surface area contributed by atoms with E-state index in [4.69, 9.17) is 4.74 Å². The van der Waals surface area contributed by atoms with E-state index < -0.39 is 0 Å². The quantitative estimate of drug-likeness (QED) is 0.746. The van der Waals surface area contributed by atoms with Crippen LogP contribution in [0.15, 0.2) is 11.6 Å². The molecule has 0 aromatic carbocycles. The third-order valence-electron chi connectivity index (χ3n) is 1.93. The fraction of sp³-hybridized carbons (Fsp3) is 0.625. The standard InChI is InChI=1S/C8H13N3OS/c1-3-12-6-7(9-1)5-11-8-10-2-4-13-8/h2,4,7,9H,1,3,5-6H2,(H,10,11). The minimum absolute atomic E-state index is 0.414. The van der Waals surface area contributed by atoms with Crippen LogP contribution < -0.4 is 10.6 Å². The summed E-state index contributed by atoms with van der Waals surface area (Å²) >= 11 is 1.62. The van der Waals surface area contributed by atoms with Crippen LogP contribution >= 0.6 is 11.3 Å². The Morgan fingerprint density at radius 2 is 2.77 bits per heavy atom. The summed E-state index contributed by atoms with van der Waals surface area (Å²) < 4.78 is 5.33. The number of anilines is 1. The minimum atomic E-state index is 0.414. The van der Waals surface area contributed by atoms with Gasteiger partial charge in [-0.2, -0.15) is 0 Å². The molecule has 0 aliphatic carbocycles. The van der Waals surface area contributed by atoms with Gasteiger partial charge in [-0.05, 0) is 0 Å². The maximum atomic E-state index is 5.33. The smallest absolute Gasteiger partial charge is 0.182 e. The molecule has 1 aliphatic rings. The molecule has 2 N–H and O–H groups in total. The predicted molar refractivity (Wildman–Crippen MR) is 53.2 cm³/mol. The molecule has 1 atom stereocenters. The lowest BCUT2D eigenvalue weighted by Gasteiger charge is -2.23. The van der Waals surface area contributed by atoms with Crippen LogP contribution in [0, 0.1) is 0 Å². The van der Waals surface area contributed by atoms with Crippen LogP contribution in [0.2, 0.25) is 0 Å². The van der Waals surface area contributed by atoms with E-state index in [1.807, 2.05) is 5.38 Å². The van der Waals surface area contributed by atoms with Crippen LogP contribution in [0.3, 0.4) is 0 Å². The average molecular weight is 199 g/mol. The van der Waals surface area contributed by atoms with E-state index in [1.54, 1.807) is 17.5 Å². The van der Waals surface area contributed by atoms with E-state index in [2.05, 4.69) is 15.6 Å². The summed E-state index contributed by atoms with van der Waals surface area (Å²) in [4.78, 5) is 4.14. The second kappa shape index (κ2) is 4.55. The molecule has 2 heterocycles. The molecular formula is C8H13N3OS. The molecular weight excluding hydrogens is 186 g/mol. The van der Waals surface area contributed by atoms with Crippen molar-refractivity contribution in [3.63, 3.8) is 0 Å². The fourth-order valence-corrected chi connectivity index (χ4v) is 1.81. The Kier molecular flexibility index (Phi) is 3.12. The van der Waals surface area contributed by atoms with E-state index in [-0.39, 0.29) is 0 Å². The van der Waals surface area contributed by atoms with Crippen LogP contribution in [0.4, 0.5) is 5.13 Å². The van der Waals surface area contributed by atoms with Crippen LogP contribution in [-0.4, -0.2) is 37.3 Å². The Bertz CT molecular complexity index is 234. The molecule has 0 amide bonds. The number of hydrogen-bond acceptors (Lipinski definition) is 5. The number of hydrogen-bond donors (Lipinski definition) is 2. The molecule has 2 rings (SSSR count). The van der Waals surface area contributed by atoms with Crippen molar-refractivity contribution in [3.8, 4) is 0 Å². The second-order valence-corrected chi connectivity index (χ2v) is 3.84. The second-order valence-electron chi connectivity index (χ2n) is 2.94. The van der Waals surface area contributed by atoms with Crippen molar-refractivity contribution >= 4 is 16.5 Å². The minimum Gasteiger partial charge on any atom is -0.378 e. The molecule has 5 heteroatoms. The summed E-state index contributed by atoms with van der Waals surface area (Å²) in [5, 5.41) is 9.57. The summed E-state index contributed by atoms with van der Waals surface area (Å²) in [7, 11) is 0. The van der Waals surface area contributed by atoms with Crippen LogP contribution in [0.5, 0.6) is 0 Å². The molecule has 1 aromatic rings. The van der Waals surface area contributed by atoms with Crippen molar-refractivity contribution in [2.45, 2.75) is 6.04 Å². The number of nitrogens with one attached hydrogen (secondary N) is 2. The molecule has 4 nitrogen and oxygen atoms in total. The highest BCUT2D eigenvalue weighted by atomic mass is 32.1. The molecule has 1 aromatic heterocycles. The number of rotatable bonds is 3. The van der Waals surface area contributed by atoms with E-state index in [1.165, 1.54) is 0 Å². The number of nitrogens with zero attached hydrogens (tertiary/aromatic N) is 1. The van der Waals surface area contributed by atoms with E-state index >= 15 is 0 Å². The Labute approximate surface area is 81.3 Å². The van der Waals surface area contributed by atoms with Crippen molar-refractivity contribution in [2.24, 2.45) is 0 Å². The highest BCUT2D eigenvalue weighted by molar-refractivity contribution is 7.13. The average Bonchev–Trinajstić information content (AvgIpc) is 2.69. The normalized spacial score (nSPS) is 22.9. The van der Waals surface area contributed by atoms with E-state index in [0.29, 0.717) is 6.04 Å². The lowest BCUT2D eigenvalue weighted by atomic mass is 10.3. The number of morpholine rings is 1. The molecule has 0 spiro atoms. The molecule has 0 saturated carbocycles. The molecule has 1 fully saturated rings. The van der Waals surface area contributed by atoms with E-state index in [9.17, 15) is 0 Å². The van der Waals surface area contributed by atoms with Crippen molar-refractivity contribution in [1.29, 1.82) is 0 Å². The van der Waals surface area contributed by atoms with Crippen molar-refractivity contribution in [1.82, 2.24) is 10.3 Å². The third-order valence-corrected chi connectivity index (χ3v) is 2.66.